The predicted octanol–water partition coefficient (Wildman–Crippen LogP) is -1.03. The summed E-state index contributed by atoms with van der Waals surface area (Å²) in [7, 11) is 0. The quantitative estimate of drug-likeness (QED) is 0.315. The zero-order valence-corrected chi connectivity index (χ0v) is 7.36. The summed E-state index contributed by atoms with van der Waals surface area (Å²) >= 11 is 0. The van der Waals surface area contributed by atoms with Crippen LogP contribution in [0, 0.1) is 13.8 Å². The summed E-state index contributed by atoms with van der Waals surface area (Å²) in [5.74, 6) is -0.607. The molecule has 0 bridgehead atoms. The molecule has 5 nitrogen and oxygen atoms in total. The van der Waals surface area contributed by atoms with Crippen LogP contribution >= 0.6 is 0 Å². The molecule has 0 saturated heterocycles. The smallest absolute Gasteiger partial charge is 0.309 e. The summed E-state index contributed by atoms with van der Waals surface area (Å²) in [4.78, 5) is 10.8. The van der Waals surface area contributed by atoms with E-state index in [1.165, 1.54) is 0 Å². The molecule has 0 aromatic rings. The fourth-order valence-corrected chi connectivity index (χ4v) is 0.589. The second-order valence-corrected chi connectivity index (χ2v) is 2.48. The SMILES string of the molecule is [CH]C([CH])(N)OC(=O)CCOCCN. The Labute approximate surface area is 78.4 Å². The normalized spacial score (nSPS) is 11.4. The van der Waals surface area contributed by atoms with Gasteiger partial charge >= 0.3 is 5.97 Å². The first-order valence-corrected chi connectivity index (χ1v) is 3.82. The average molecular weight is 186 g/mol. The molecular formula is C8H14N2O3. The molecule has 0 saturated carbocycles. The van der Waals surface area contributed by atoms with E-state index in [1.54, 1.807) is 0 Å². The number of nitrogens with two attached hydrogens (primary N) is 2. The zero-order valence-electron chi connectivity index (χ0n) is 7.36. The predicted molar refractivity (Wildman–Crippen MR) is 46.1 cm³/mol. The van der Waals surface area contributed by atoms with Gasteiger partial charge in [-0.2, -0.15) is 0 Å². The molecule has 0 aliphatic rings. The van der Waals surface area contributed by atoms with E-state index in [9.17, 15) is 4.79 Å². The molecule has 0 rings (SSSR count). The third kappa shape index (κ3) is 9.26. The van der Waals surface area contributed by atoms with Crippen LogP contribution in [-0.2, 0) is 14.3 Å². The van der Waals surface area contributed by atoms with Crippen molar-refractivity contribution in [2.75, 3.05) is 19.8 Å². The maximum absolute atomic E-state index is 10.8. The van der Waals surface area contributed by atoms with Crippen LogP contribution in [0.2, 0.25) is 0 Å². The van der Waals surface area contributed by atoms with E-state index < -0.39 is 11.7 Å². The number of esters is 1. The highest BCUT2D eigenvalue weighted by Crippen LogP contribution is 2.00. The second kappa shape index (κ2) is 5.90. The molecule has 0 aliphatic carbocycles. The third-order valence-electron chi connectivity index (χ3n) is 1.00. The Kier molecular flexibility index (Phi) is 5.61. The highest BCUT2D eigenvalue weighted by atomic mass is 16.6. The van der Waals surface area contributed by atoms with Crippen LogP contribution in [0.1, 0.15) is 6.42 Å². The van der Waals surface area contributed by atoms with Gasteiger partial charge in [-0.3, -0.25) is 10.5 Å². The molecule has 74 valence electrons. The van der Waals surface area contributed by atoms with Crippen molar-refractivity contribution in [3.63, 3.8) is 0 Å². The van der Waals surface area contributed by atoms with E-state index in [4.69, 9.17) is 30.1 Å². The largest absolute Gasteiger partial charge is 0.443 e. The lowest BCUT2D eigenvalue weighted by atomic mass is 10.3. The van der Waals surface area contributed by atoms with Gasteiger partial charge in [-0.15, -0.1) is 0 Å². The molecule has 0 aliphatic heterocycles. The molecule has 0 aromatic carbocycles. The minimum Gasteiger partial charge on any atom is -0.443 e. The second-order valence-electron chi connectivity index (χ2n) is 2.48. The Morgan fingerprint density at radius 2 is 2.00 bits per heavy atom. The van der Waals surface area contributed by atoms with Crippen molar-refractivity contribution in [3.05, 3.63) is 13.8 Å². The Hall–Kier alpha value is -0.650. The molecule has 0 fully saturated rings. The molecule has 0 aromatic heterocycles. The van der Waals surface area contributed by atoms with Gasteiger partial charge in [0.2, 0.25) is 0 Å². The van der Waals surface area contributed by atoms with E-state index in [0.717, 1.165) is 0 Å². The Bertz CT molecular complexity index is 154. The summed E-state index contributed by atoms with van der Waals surface area (Å²) in [6, 6.07) is 0. The molecule has 4 radical (unpaired) electrons. The van der Waals surface area contributed by atoms with Crippen LogP contribution in [0.4, 0.5) is 0 Å². The van der Waals surface area contributed by atoms with E-state index in [1.807, 2.05) is 0 Å². The standard InChI is InChI=1S/C8H14N2O3/c1-8(2,10)13-7(11)3-5-12-6-4-9/h1-2H,3-6,9-10H2. The topological polar surface area (TPSA) is 87.6 Å². The molecule has 0 unspecified atom stereocenters. The molecule has 5 heteroatoms. The molecular weight excluding hydrogens is 172 g/mol. The van der Waals surface area contributed by atoms with Crippen molar-refractivity contribution in [1.29, 1.82) is 0 Å². The Morgan fingerprint density at radius 3 is 2.46 bits per heavy atom. The lowest BCUT2D eigenvalue weighted by Gasteiger charge is -2.18. The number of hydrogen-bond acceptors (Lipinski definition) is 5. The summed E-state index contributed by atoms with van der Waals surface area (Å²) in [6.45, 7) is 11.1. The summed E-state index contributed by atoms with van der Waals surface area (Å²) < 4.78 is 9.32. The van der Waals surface area contributed by atoms with Gasteiger partial charge in [0.1, 0.15) is 0 Å². The van der Waals surface area contributed by atoms with Crippen LogP contribution in [0.15, 0.2) is 0 Å². The van der Waals surface area contributed by atoms with Gasteiger partial charge in [0, 0.05) is 20.4 Å². The number of carbonyl (C=O) groups excluding carboxylic acids is 1. The molecule has 0 amide bonds. The van der Waals surface area contributed by atoms with Crippen molar-refractivity contribution >= 4 is 5.97 Å². The van der Waals surface area contributed by atoms with Crippen LogP contribution in [0.3, 0.4) is 0 Å². The molecule has 0 atom stereocenters. The van der Waals surface area contributed by atoms with Gasteiger partial charge in [-0.05, 0) is 0 Å². The first-order valence-electron chi connectivity index (χ1n) is 3.82. The van der Waals surface area contributed by atoms with Gasteiger partial charge in [-0.1, -0.05) is 0 Å². The minimum atomic E-state index is -1.91. The lowest BCUT2D eigenvalue weighted by Crippen LogP contribution is -2.38. The van der Waals surface area contributed by atoms with Gasteiger partial charge in [0.05, 0.1) is 19.6 Å². The van der Waals surface area contributed by atoms with Crippen molar-refractivity contribution in [1.82, 2.24) is 0 Å². The number of rotatable bonds is 6. The van der Waals surface area contributed by atoms with Crippen molar-refractivity contribution < 1.29 is 14.3 Å². The summed E-state index contributed by atoms with van der Waals surface area (Å²) in [5, 5.41) is 0. The fourth-order valence-electron chi connectivity index (χ4n) is 0.589. The molecule has 13 heavy (non-hydrogen) atoms. The van der Waals surface area contributed by atoms with Gasteiger partial charge in [0.25, 0.3) is 0 Å². The highest BCUT2D eigenvalue weighted by molar-refractivity contribution is 5.70. The summed E-state index contributed by atoms with van der Waals surface area (Å²) in [5.41, 5.74) is 8.25. The van der Waals surface area contributed by atoms with Crippen LogP contribution in [0.5, 0.6) is 0 Å². The maximum Gasteiger partial charge on any atom is 0.309 e. The Morgan fingerprint density at radius 1 is 1.38 bits per heavy atom. The first kappa shape index (κ1) is 12.3. The average Bonchev–Trinajstić information content (AvgIpc) is 1.94. The van der Waals surface area contributed by atoms with Crippen LogP contribution < -0.4 is 11.5 Å². The first-order chi connectivity index (χ1) is 5.95. The molecule has 0 spiro atoms. The highest BCUT2D eigenvalue weighted by Gasteiger charge is 2.16. The molecule has 0 heterocycles. The third-order valence-corrected chi connectivity index (χ3v) is 1.00. The number of ether oxygens (including phenoxy) is 2. The van der Waals surface area contributed by atoms with Crippen molar-refractivity contribution in [2.45, 2.75) is 12.1 Å². The van der Waals surface area contributed by atoms with Crippen LogP contribution in [0.25, 0.3) is 0 Å². The minimum absolute atomic E-state index is 0.0490. The monoisotopic (exact) mass is 186 g/mol. The van der Waals surface area contributed by atoms with Crippen molar-refractivity contribution in [3.8, 4) is 0 Å². The lowest BCUT2D eigenvalue weighted by molar-refractivity contribution is -0.152. The van der Waals surface area contributed by atoms with Crippen LogP contribution in [-0.4, -0.2) is 31.5 Å². The van der Waals surface area contributed by atoms with E-state index in [2.05, 4.69) is 4.74 Å². The molecule has 4 N–H and O–H groups in total. The number of carbonyl (C=O) groups is 1. The Balaban J connectivity index is 3.41. The van der Waals surface area contributed by atoms with Gasteiger partial charge in [-0.25, -0.2) is 0 Å². The van der Waals surface area contributed by atoms with E-state index in [0.29, 0.717) is 13.2 Å². The van der Waals surface area contributed by atoms with Gasteiger partial charge in [0.15, 0.2) is 5.72 Å². The van der Waals surface area contributed by atoms with Crippen molar-refractivity contribution in [2.24, 2.45) is 11.5 Å². The summed E-state index contributed by atoms with van der Waals surface area (Å²) in [6.07, 6.45) is 0.0490. The maximum atomic E-state index is 10.8. The zero-order chi connectivity index (χ0) is 10.3. The number of hydrogen-bond donors (Lipinski definition) is 2. The fraction of sp³-hybridized carbons (Fsp3) is 0.625. The van der Waals surface area contributed by atoms with E-state index in [-0.39, 0.29) is 13.0 Å². The van der Waals surface area contributed by atoms with E-state index >= 15 is 0 Å². The van der Waals surface area contributed by atoms with Gasteiger partial charge < -0.3 is 15.2 Å².